The zero-order valence-corrected chi connectivity index (χ0v) is 16.0. The van der Waals surface area contributed by atoms with Crippen molar-refractivity contribution in [1.82, 2.24) is 4.90 Å². The summed E-state index contributed by atoms with van der Waals surface area (Å²) >= 11 is 6.86. The number of carbonyl (C=O) groups excluding carboxylic acids is 1. The number of halogens is 1. The van der Waals surface area contributed by atoms with E-state index < -0.39 is 10.0 Å². The molecule has 1 aromatic carbocycles. The van der Waals surface area contributed by atoms with Crippen molar-refractivity contribution in [3.8, 4) is 0 Å². The number of nitrogens with one attached hydrogen (secondary N) is 1. The van der Waals surface area contributed by atoms with Crippen LogP contribution < -0.4 is 4.72 Å². The van der Waals surface area contributed by atoms with Gasteiger partial charge >= 0.3 is 0 Å². The largest absolute Gasteiger partial charge is 0.339 e. The summed E-state index contributed by atoms with van der Waals surface area (Å²) in [5, 5.41) is 2.15. The fraction of sp³-hybridized carbons (Fsp3) is 0.353. The SMILES string of the molecule is O=C(c1csc(S(=O)(=O)Nc2ccc(Cl)cc2)c1)N1CCCCCC1. The Labute approximate surface area is 156 Å². The number of anilines is 1. The first kappa shape index (κ1) is 18.2. The van der Waals surface area contributed by atoms with Crippen LogP contribution in [0.1, 0.15) is 36.0 Å². The van der Waals surface area contributed by atoms with Crippen molar-refractivity contribution in [3.05, 3.63) is 46.3 Å². The van der Waals surface area contributed by atoms with Gasteiger partial charge in [0.15, 0.2) is 0 Å². The third-order valence-corrected chi connectivity index (χ3v) is 7.15. The Morgan fingerprint density at radius 1 is 1.08 bits per heavy atom. The summed E-state index contributed by atoms with van der Waals surface area (Å²) in [6.07, 6.45) is 4.27. The lowest BCUT2D eigenvalue weighted by atomic mass is 10.2. The molecule has 0 aliphatic carbocycles. The minimum Gasteiger partial charge on any atom is -0.339 e. The molecule has 2 aromatic rings. The summed E-state index contributed by atoms with van der Waals surface area (Å²) in [6.45, 7) is 1.47. The molecule has 3 rings (SSSR count). The van der Waals surface area contributed by atoms with E-state index in [2.05, 4.69) is 4.72 Å². The van der Waals surface area contributed by atoms with Crippen LogP contribution in [0.25, 0.3) is 0 Å². The van der Waals surface area contributed by atoms with Crippen LogP contribution in [-0.4, -0.2) is 32.3 Å². The first-order valence-corrected chi connectivity index (χ1v) is 10.9. The minimum absolute atomic E-state index is 0.0916. The van der Waals surface area contributed by atoms with Gasteiger partial charge in [0, 0.05) is 29.2 Å². The molecule has 0 bridgehead atoms. The van der Waals surface area contributed by atoms with E-state index >= 15 is 0 Å². The van der Waals surface area contributed by atoms with Gasteiger partial charge in [-0.05, 0) is 43.2 Å². The molecule has 1 saturated heterocycles. The molecule has 2 heterocycles. The van der Waals surface area contributed by atoms with Gasteiger partial charge in [-0.1, -0.05) is 24.4 Å². The highest BCUT2D eigenvalue weighted by molar-refractivity contribution is 7.94. The number of hydrogen-bond donors (Lipinski definition) is 1. The summed E-state index contributed by atoms with van der Waals surface area (Å²) in [5.41, 5.74) is 0.863. The predicted octanol–water partition coefficient (Wildman–Crippen LogP) is 4.22. The highest BCUT2D eigenvalue weighted by atomic mass is 35.5. The highest BCUT2D eigenvalue weighted by Crippen LogP contribution is 2.25. The van der Waals surface area contributed by atoms with E-state index in [1.165, 1.54) is 6.07 Å². The number of hydrogen-bond acceptors (Lipinski definition) is 4. The molecule has 5 nitrogen and oxygen atoms in total. The summed E-state index contributed by atoms with van der Waals surface area (Å²) < 4.78 is 27.6. The first-order chi connectivity index (χ1) is 12.0. The molecular formula is C17H19ClN2O3S2. The topological polar surface area (TPSA) is 66.5 Å². The quantitative estimate of drug-likeness (QED) is 0.838. The number of benzene rings is 1. The van der Waals surface area contributed by atoms with Crippen LogP contribution in [0.2, 0.25) is 5.02 Å². The van der Waals surface area contributed by atoms with Gasteiger partial charge in [0.1, 0.15) is 4.21 Å². The lowest BCUT2D eigenvalue weighted by Gasteiger charge is -2.19. The fourth-order valence-electron chi connectivity index (χ4n) is 2.75. The second-order valence-corrected chi connectivity index (χ2v) is 9.23. The molecule has 0 saturated carbocycles. The fourth-order valence-corrected chi connectivity index (χ4v) is 5.09. The molecule has 1 aliphatic heterocycles. The van der Waals surface area contributed by atoms with Gasteiger partial charge in [0.2, 0.25) is 0 Å². The van der Waals surface area contributed by atoms with Crippen molar-refractivity contribution in [2.75, 3.05) is 17.8 Å². The van der Waals surface area contributed by atoms with Crippen LogP contribution in [-0.2, 0) is 10.0 Å². The second-order valence-electron chi connectivity index (χ2n) is 5.97. The van der Waals surface area contributed by atoms with Crippen LogP contribution in [0, 0.1) is 0 Å². The van der Waals surface area contributed by atoms with Crippen molar-refractivity contribution in [2.45, 2.75) is 29.9 Å². The summed E-state index contributed by atoms with van der Waals surface area (Å²) in [4.78, 5) is 14.4. The molecule has 134 valence electrons. The molecule has 1 fully saturated rings. The molecule has 0 spiro atoms. The van der Waals surface area contributed by atoms with Crippen LogP contribution in [0.4, 0.5) is 5.69 Å². The van der Waals surface area contributed by atoms with Crippen LogP contribution >= 0.6 is 22.9 Å². The average Bonchev–Trinajstić information content (AvgIpc) is 2.94. The van der Waals surface area contributed by atoms with Crippen LogP contribution in [0.3, 0.4) is 0 Å². The van der Waals surface area contributed by atoms with Crippen molar-refractivity contribution in [2.24, 2.45) is 0 Å². The van der Waals surface area contributed by atoms with Crippen LogP contribution in [0.15, 0.2) is 39.9 Å². The Morgan fingerprint density at radius 2 is 1.72 bits per heavy atom. The maximum absolute atomic E-state index is 12.6. The van der Waals surface area contributed by atoms with Gasteiger partial charge in [-0.15, -0.1) is 11.3 Å². The van der Waals surface area contributed by atoms with E-state index in [1.54, 1.807) is 29.6 Å². The number of amides is 1. The minimum atomic E-state index is -3.72. The molecule has 25 heavy (non-hydrogen) atoms. The van der Waals surface area contributed by atoms with Crippen molar-refractivity contribution in [1.29, 1.82) is 0 Å². The number of sulfonamides is 1. The zero-order chi connectivity index (χ0) is 17.9. The van der Waals surface area contributed by atoms with E-state index in [1.807, 2.05) is 4.90 Å². The maximum atomic E-state index is 12.6. The zero-order valence-electron chi connectivity index (χ0n) is 13.6. The second kappa shape index (κ2) is 7.76. The Bertz CT molecular complexity index is 839. The average molecular weight is 399 g/mol. The number of likely N-dealkylation sites (tertiary alicyclic amines) is 1. The molecule has 0 radical (unpaired) electrons. The van der Waals surface area contributed by atoms with Crippen molar-refractivity contribution < 1.29 is 13.2 Å². The molecule has 1 N–H and O–H groups in total. The third kappa shape index (κ3) is 4.54. The van der Waals surface area contributed by atoms with Gasteiger partial charge in [-0.2, -0.15) is 0 Å². The van der Waals surface area contributed by atoms with E-state index in [9.17, 15) is 13.2 Å². The van der Waals surface area contributed by atoms with Crippen molar-refractivity contribution >= 4 is 44.6 Å². The monoisotopic (exact) mass is 398 g/mol. The molecule has 8 heteroatoms. The Balaban J connectivity index is 1.75. The molecule has 0 atom stereocenters. The Hall–Kier alpha value is -1.57. The number of nitrogens with zero attached hydrogens (tertiary/aromatic N) is 1. The van der Waals surface area contributed by atoms with E-state index in [0.717, 1.165) is 50.1 Å². The third-order valence-electron chi connectivity index (χ3n) is 4.08. The van der Waals surface area contributed by atoms with Gasteiger partial charge in [-0.3, -0.25) is 9.52 Å². The summed E-state index contributed by atoms with van der Waals surface area (Å²) in [7, 11) is -3.72. The summed E-state index contributed by atoms with van der Waals surface area (Å²) in [6, 6.07) is 7.87. The van der Waals surface area contributed by atoms with E-state index in [4.69, 9.17) is 11.6 Å². The first-order valence-electron chi connectivity index (χ1n) is 8.12. The van der Waals surface area contributed by atoms with Gasteiger partial charge in [0.25, 0.3) is 15.9 Å². The summed E-state index contributed by atoms with van der Waals surface area (Å²) in [5.74, 6) is -0.0916. The van der Waals surface area contributed by atoms with E-state index in [0.29, 0.717) is 16.3 Å². The molecule has 1 aromatic heterocycles. The van der Waals surface area contributed by atoms with E-state index in [-0.39, 0.29) is 10.1 Å². The van der Waals surface area contributed by atoms with Gasteiger partial charge in [0.05, 0.1) is 5.56 Å². The normalized spacial score (nSPS) is 15.6. The highest BCUT2D eigenvalue weighted by Gasteiger charge is 2.22. The lowest BCUT2D eigenvalue weighted by molar-refractivity contribution is 0.0762. The number of rotatable bonds is 4. The Kier molecular flexibility index (Phi) is 5.66. The molecule has 1 aliphatic rings. The number of thiophene rings is 1. The standard InChI is InChI=1S/C17H19ClN2O3S2/c18-14-5-7-15(8-6-14)19-25(22,23)16-11-13(12-24-16)17(21)20-9-3-1-2-4-10-20/h5-8,11-12,19H,1-4,9-10H2. The van der Waals surface area contributed by atoms with Crippen molar-refractivity contribution in [3.63, 3.8) is 0 Å². The lowest BCUT2D eigenvalue weighted by Crippen LogP contribution is -2.31. The molecule has 0 unspecified atom stereocenters. The maximum Gasteiger partial charge on any atom is 0.271 e. The predicted molar refractivity (Wildman–Crippen MR) is 101 cm³/mol. The number of carbonyl (C=O) groups is 1. The Morgan fingerprint density at radius 3 is 2.36 bits per heavy atom. The van der Waals surface area contributed by atoms with Gasteiger partial charge < -0.3 is 4.90 Å². The van der Waals surface area contributed by atoms with Crippen LogP contribution in [0.5, 0.6) is 0 Å². The smallest absolute Gasteiger partial charge is 0.271 e. The van der Waals surface area contributed by atoms with Gasteiger partial charge in [-0.25, -0.2) is 8.42 Å². The molecular weight excluding hydrogens is 380 g/mol. The molecule has 1 amide bonds.